The van der Waals surface area contributed by atoms with Gasteiger partial charge in [-0.1, -0.05) is 36.6 Å². The number of amides is 1. The smallest absolute Gasteiger partial charge is 0.246 e. The maximum Gasteiger partial charge on any atom is 0.246 e. The zero-order valence-corrected chi connectivity index (χ0v) is 16.4. The second-order valence-corrected chi connectivity index (χ2v) is 9.45. The molecule has 142 valence electrons. The molecule has 0 aromatic heterocycles. The van der Waals surface area contributed by atoms with Crippen LogP contribution >= 0.6 is 11.6 Å². The van der Waals surface area contributed by atoms with Crippen molar-refractivity contribution in [2.45, 2.75) is 42.2 Å². The highest BCUT2D eigenvalue weighted by Crippen LogP contribution is 2.41. The molecule has 5 nitrogen and oxygen atoms in total. The first-order chi connectivity index (χ1) is 12.8. The lowest BCUT2D eigenvalue weighted by molar-refractivity contribution is -0.118. The largest absolute Gasteiger partial charge is 0.325 e. The highest BCUT2D eigenvalue weighted by atomic mass is 35.5. The molecule has 0 unspecified atom stereocenters. The molecule has 1 aliphatic rings. The van der Waals surface area contributed by atoms with Gasteiger partial charge in [0, 0.05) is 16.3 Å². The van der Waals surface area contributed by atoms with Gasteiger partial charge < -0.3 is 5.32 Å². The van der Waals surface area contributed by atoms with Crippen LogP contribution in [0.5, 0.6) is 0 Å². The molecule has 27 heavy (non-hydrogen) atoms. The topological polar surface area (TPSA) is 80.3 Å². The van der Waals surface area contributed by atoms with Crippen LogP contribution < -0.4 is 5.32 Å². The minimum Gasteiger partial charge on any atom is -0.325 e. The molecule has 0 aliphatic heterocycles. The summed E-state index contributed by atoms with van der Waals surface area (Å²) in [7, 11) is -3.90. The number of carbonyl (C=O) groups excluding carboxylic acids is 2. The quantitative estimate of drug-likeness (QED) is 0.753. The minimum absolute atomic E-state index is 0.0847. The Morgan fingerprint density at radius 1 is 1.04 bits per heavy atom. The fourth-order valence-corrected chi connectivity index (χ4v) is 5.66. The summed E-state index contributed by atoms with van der Waals surface area (Å²) in [5.41, 5.74) is 0.860. The number of anilines is 1. The Labute approximate surface area is 163 Å². The van der Waals surface area contributed by atoms with E-state index in [1.54, 1.807) is 24.3 Å². The molecule has 0 atom stereocenters. The third-order valence-corrected chi connectivity index (χ3v) is 7.76. The molecule has 0 saturated heterocycles. The minimum atomic E-state index is -3.90. The van der Waals surface area contributed by atoms with E-state index in [1.807, 2.05) is 0 Å². The van der Waals surface area contributed by atoms with Crippen LogP contribution in [0.2, 0.25) is 5.02 Å². The first-order valence-electron chi connectivity index (χ1n) is 8.69. The van der Waals surface area contributed by atoms with Gasteiger partial charge in [0.25, 0.3) is 0 Å². The first-order valence-corrected chi connectivity index (χ1v) is 10.5. The maximum atomic E-state index is 13.3. The predicted octanol–water partition coefficient (Wildman–Crippen LogP) is 4.27. The van der Waals surface area contributed by atoms with Crippen molar-refractivity contribution in [1.82, 2.24) is 0 Å². The van der Waals surface area contributed by atoms with Crippen molar-refractivity contribution in [2.75, 3.05) is 5.32 Å². The summed E-state index contributed by atoms with van der Waals surface area (Å²) >= 11 is 5.86. The van der Waals surface area contributed by atoms with Crippen LogP contribution in [0.15, 0.2) is 53.4 Å². The van der Waals surface area contributed by atoms with Gasteiger partial charge in [-0.25, -0.2) is 8.42 Å². The number of benzene rings is 2. The van der Waals surface area contributed by atoms with Crippen LogP contribution in [-0.2, 0) is 14.6 Å². The molecule has 0 heterocycles. The Balaban J connectivity index is 1.97. The number of hydrogen-bond donors (Lipinski definition) is 1. The molecule has 2 aromatic carbocycles. The summed E-state index contributed by atoms with van der Waals surface area (Å²) in [4.78, 5) is 24.7. The van der Waals surface area contributed by atoms with Gasteiger partial charge in [-0.15, -0.1) is 0 Å². The van der Waals surface area contributed by atoms with Crippen LogP contribution in [-0.4, -0.2) is 24.9 Å². The molecule has 1 N–H and O–H groups in total. The molecule has 7 heteroatoms. The Morgan fingerprint density at radius 2 is 1.67 bits per heavy atom. The third kappa shape index (κ3) is 3.64. The monoisotopic (exact) mass is 405 g/mol. The standard InChI is InChI=1S/C20H20ClNO4S/c1-14(23)15-5-4-6-17(13-15)22-19(24)20(11-2-3-12-20)27(25,26)18-9-7-16(21)8-10-18/h4-10,13H,2-3,11-12H2,1H3,(H,22,24). The normalized spacial score (nSPS) is 16.1. The van der Waals surface area contributed by atoms with Crippen molar-refractivity contribution in [3.05, 3.63) is 59.1 Å². The summed E-state index contributed by atoms with van der Waals surface area (Å²) in [5.74, 6) is -0.689. The molecular weight excluding hydrogens is 386 g/mol. The molecule has 1 aliphatic carbocycles. The van der Waals surface area contributed by atoms with E-state index in [2.05, 4.69) is 5.32 Å². The van der Waals surface area contributed by atoms with Crippen LogP contribution in [0.1, 0.15) is 43.0 Å². The molecule has 2 aromatic rings. The Morgan fingerprint density at radius 3 is 2.26 bits per heavy atom. The van der Waals surface area contributed by atoms with Crippen LogP contribution in [0, 0.1) is 0 Å². The SMILES string of the molecule is CC(=O)c1cccc(NC(=O)C2(S(=O)(=O)c3ccc(Cl)cc3)CCCC2)c1. The maximum absolute atomic E-state index is 13.3. The van der Waals surface area contributed by atoms with Crippen LogP contribution in [0.3, 0.4) is 0 Å². The molecular formula is C20H20ClNO4S. The number of carbonyl (C=O) groups is 2. The van der Waals surface area contributed by atoms with Gasteiger partial charge in [0.05, 0.1) is 4.90 Å². The van der Waals surface area contributed by atoms with Crippen LogP contribution in [0.25, 0.3) is 0 Å². The molecule has 0 radical (unpaired) electrons. The zero-order valence-electron chi connectivity index (χ0n) is 14.9. The summed E-state index contributed by atoms with van der Waals surface area (Å²) in [6.45, 7) is 1.43. The number of rotatable bonds is 5. The lowest BCUT2D eigenvalue weighted by atomic mass is 10.1. The molecule has 3 rings (SSSR count). The van der Waals surface area contributed by atoms with Gasteiger partial charge in [-0.05, 0) is 56.2 Å². The van der Waals surface area contributed by atoms with Crippen molar-refractivity contribution in [2.24, 2.45) is 0 Å². The van der Waals surface area contributed by atoms with E-state index in [1.165, 1.54) is 31.2 Å². The van der Waals surface area contributed by atoms with Crippen LogP contribution in [0.4, 0.5) is 5.69 Å². The van der Waals surface area contributed by atoms with Gasteiger partial charge in [0.15, 0.2) is 20.4 Å². The number of hydrogen-bond acceptors (Lipinski definition) is 4. The third-order valence-electron chi connectivity index (χ3n) is 4.99. The second-order valence-electron chi connectivity index (χ2n) is 6.75. The molecule has 1 saturated carbocycles. The van der Waals surface area contributed by atoms with Gasteiger partial charge >= 0.3 is 0 Å². The molecule has 0 spiro atoms. The van der Waals surface area contributed by atoms with E-state index in [4.69, 9.17) is 11.6 Å². The fourth-order valence-electron chi connectivity index (χ4n) is 3.46. The van der Waals surface area contributed by atoms with E-state index in [0.29, 0.717) is 29.1 Å². The van der Waals surface area contributed by atoms with E-state index in [-0.39, 0.29) is 23.5 Å². The van der Waals surface area contributed by atoms with Gasteiger partial charge in [-0.2, -0.15) is 0 Å². The highest BCUT2D eigenvalue weighted by Gasteiger charge is 2.52. The van der Waals surface area contributed by atoms with Crippen molar-refractivity contribution in [1.29, 1.82) is 0 Å². The van der Waals surface area contributed by atoms with E-state index in [9.17, 15) is 18.0 Å². The molecule has 0 bridgehead atoms. The van der Waals surface area contributed by atoms with E-state index in [0.717, 1.165) is 0 Å². The van der Waals surface area contributed by atoms with E-state index >= 15 is 0 Å². The Hall–Kier alpha value is -2.18. The number of ketones is 1. The first kappa shape index (κ1) is 19.6. The van der Waals surface area contributed by atoms with Gasteiger partial charge in [0.2, 0.25) is 5.91 Å². The van der Waals surface area contributed by atoms with Gasteiger partial charge in [-0.3, -0.25) is 9.59 Å². The van der Waals surface area contributed by atoms with Crippen molar-refractivity contribution >= 4 is 38.8 Å². The molecule has 1 fully saturated rings. The highest BCUT2D eigenvalue weighted by molar-refractivity contribution is 7.93. The fraction of sp³-hybridized carbons (Fsp3) is 0.300. The van der Waals surface area contributed by atoms with E-state index < -0.39 is 20.5 Å². The summed E-state index contributed by atoms with van der Waals surface area (Å²) < 4.78 is 25.1. The second kappa shape index (κ2) is 7.44. The predicted molar refractivity (Wildman–Crippen MR) is 105 cm³/mol. The number of nitrogens with one attached hydrogen (secondary N) is 1. The number of halogens is 1. The van der Waals surface area contributed by atoms with Crippen molar-refractivity contribution in [3.63, 3.8) is 0 Å². The molecule has 1 amide bonds. The van der Waals surface area contributed by atoms with Crippen molar-refractivity contribution < 1.29 is 18.0 Å². The summed E-state index contributed by atoms with van der Waals surface area (Å²) in [5, 5.41) is 3.14. The average molecular weight is 406 g/mol. The lowest BCUT2D eigenvalue weighted by Gasteiger charge is -2.27. The van der Waals surface area contributed by atoms with Crippen molar-refractivity contribution in [3.8, 4) is 0 Å². The Kier molecular flexibility index (Phi) is 5.40. The summed E-state index contributed by atoms with van der Waals surface area (Å²) in [6.07, 6.45) is 1.84. The Bertz CT molecular complexity index is 977. The lowest BCUT2D eigenvalue weighted by Crippen LogP contribution is -2.47. The zero-order chi connectivity index (χ0) is 19.7. The summed E-state index contributed by atoms with van der Waals surface area (Å²) in [6, 6.07) is 12.4. The number of Topliss-reactive ketones (excluding diaryl/α,β-unsaturated/α-hetero) is 1. The average Bonchev–Trinajstić information content (AvgIpc) is 3.14. The van der Waals surface area contributed by atoms with Gasteiger partial charge in [0.1, 0.15) is 0 Å². The number of sulfone groups is 1.